The van der Waals surface area contributed by atoms with E-state index in [0.717, 1.165) is 0 Å². The molecule has 0 bridgehead atoms. The van der Waals surface area contributed by atoms with E-state index in [1.54, 1.807) is 0 Å². The fraction of sp³-hybridized carbons (Fsp3) is 1.00. The van der Waals surface area contributed by atoms with E-state index >= 15 is 0 Å². The number of hydrogen-bond acceptors (Lipinski definition) is 0. The molecule has 0 saturated heterocycles. The predicted molar refractivity (Wildman–Crippen MR) is 36.9 cm³/mol. The van der Waals surface area contributed by atoms with Gasteiger partial charge in [0.05, 0.1) is 0 Å². The van der Waals surface area contributed by atoms with E-state index in [-0.39, 0.29) is 6.62 Å². The van der Waals surface area contributed by atoms with E-state index in [9.17, 15) is 0 Å². The molecule has 0 N–H and O–H groups in total. The van der Waals surface area contributed by atoms with Crippen molar-refractivity contribution >= 4 is 22.1 Å². The van der Waals surface area contributed by atoms with Crippen molar-refractivity contribution in [3.8, 4) is 0 Å². The van der Waals surface area contributed by atoms with E-state index in [4.69, 9.17) is 0 Å². The Kier molecular flexibility index (Phi) is 4.70. The second-order valence-corrected chi connectivity index (χ2v) is 6.29. The molecule has 0 spiro atoms. The average molecular weight is 169 g/mol. The van der Waals surface area contributed by atoms with Crippen molar-refractivity contribution in [1.82, 2.24) is 0 Å². The van der Waals surface area contributed by atoms with Crippen LogP contribution in [0, 0.1) is 0 Å². The maximum absolute atomic E-state index is 3.54. The number of halogens is 1. The van der Waals surface area contributed by atoms with E-state index in [2.05, 4.69) is 29.3 Å². The van der Waals surface area contributed by atoms with Crippen LogP contribution in [0.15, 0.2) is 0 Å². The first kappa shape index (κ1) is 6.91. The number of rotatable bonds is 2. The molecule has 0 radical (unpaired) electrons. The minimum absolute atomic E-state index is 0.236. The summed E-state index contributed by atoms with van der Waals surface area (Å²) in [6.07, 6.45) is 2.62. The van der Waals surface area contributed by atoms with E-state index in [0.29, 0.717) is 0 Å². The van der Waals surface area contributed by atoms with Gasteiger partial charge in [0, 0.05) is 0 Å². The normalized spacial score (nSPS) is 10.0. The first-order chi connectivity index (χ1) is 2.81. The summed E-state index contributed by atoms with van der Waals surface area (Å²) < 4.78 is 0. The van der Waals surface area contributed by atoms with Gasteiger partial charge in [0.15, 0.2) is 0 Å². The molecule has 0 aliphatic heterocycles. The van der Waals surface area contributed by atoms with E-state index in [1.165, 1.54) is 12.3 Å². The predicted octanol–water partition coefficient (Wildman–Crippen LogP) is 2.82. The Labute approximate surface area is 48.8 Å². The Morgan fingerprint density at radius 3 is 1.67 bits per heavy atom. The van der Waals surface area contributed by atoms with Gasteiger partial charge in [-0.05, 0) is 18.9 Å². The largest absolute Gasteiger partial charge is 0.0606 e. The highest BCUT2D eigenvalue weighted by Crippen LogP contribution is 2.42. The second kappa shape index (κ2) is 4.08. The van der Waals surface area contributed by atoms with Crippen molar-refractivity contribution in [2.45, 2.75) is 13.8 Å². The Hall–Kier alpha value is 0.910. The summed E-state index contributed by atoms with van der Waals surface area (Å²) >= 11 is 3.54. The summed E-state index contributed by atoms with van der Waals surface area (Å²) in [5.74, 6) is 0. The van der Waals surface area contributed by atoms with Gasteiger partial charge in [0.25, 0.3) is 0 Å². The molecule has 0 aromatic heterocycles. The third-order valence-electron chi connectivity index (χ3n) is 0.686. The summed E-state index contributed by atoms with van der Waals surface area (Å²) in [5, 5.41) is 0. The third kappa shape index (κ3) is 3.11. The molecular formula is C4H10BrP. The van der Waals surface area contributed by atoms with Crippen LogP contribution < -0.4 is 0 Å². The topological polar surface area (TPSA) is 0 Å². The quantitative estimate of drug-likeness (QED) is 0.557. The summed E-state index contributed by atoms with van der Waals surface area (Å²) in [5.41, 5.74) is 0. The van der Waals surface area contributed by atoms with Crippen molar-refractivity contribution in [3.63, 3.8) is 0 Å². The van der Waals surface area contributed by atoms with E-state index in [1.807, 2.05) is 0 Å². The van der Waals surface area contributed by atoms with Gasteiger partial charge in [0.2, 0.25) is 0 Å². The molecule has 0 fully saturated rings. The van der Waals surface area contributed by atoms with Crippen molar-refractivity contribution in [1.29, 1.82) is 0 Å². The third-order valence-corrected chi connectivity index (χ3v) is 5.07. The Morgan fingerprint density at radius 1 is 1.33 bits per heavy atom. The molecule has 0 nitrogen and oxygen atoms in total. The van der Waals surface area contributed by atoms with Gasteiger partial charge in [-0.2, -0.15) is 0 Å². The lowest BCUT2D eigenvalue weighted by Crippen LogP contribution is -1.68. The first-order valence-corrected chi connectivity index (χ1v) is 5.95. The zero-order valence-corrected chi connectivity index (χ0v) is 6.72. The maximum atomic E-state index is 3.54. The van der Waals surface area contributed by atoms with Crippen LogP contribution in [0.2, 0.25) is 0 Å². The molecule has 0 aromatic carbocycles. The SMILES string of the molecule is CCP(Br)CC. The smallest absolute Gasteiger partial charge is 0.0256 e. The summed E-state index contributed by atoms with van der Waals surface area (Å²) in [6, 6.07) is 0. The monoisotopic (exact) mass is 168 g/mol. The lowest BCUT2D eigenvalue weighted by atomic mass is 11.0. The van der Waals surface area contributed by atoms with Crippen molar-refractivity contribution in [2.24, 2.45) is 0 Å². The summed E-state index contributed by atoms with van der Waals surface area (Å²) in [6.45, 7) is 4.66. The highest BCUT2D eigenvalue weighted by Gasteiger charge is 1.90. The first-order valence-electron chi connectivity index (χ1n) is 2.22. The molecular weight excluding hydrogens is 159 g/mol. The molecule has 0 saturated carbocycles. The van der Waals surface area contributed by atoms with Crippen LogP contribution >= 0.6 is 22.1 Å². The van der Waals surface area contributed by atoms with Crippen LogP contribution in [0.5, 0.6) is 0 Å². The van der Waals surface area contributed by atoms with Gasteiger partial charge in [-0.25, -0.2) is 0 Å². The molecule has 38 valence electrons. The summed E-state index contributed by atoms with van der Waals surface area (Å²) in [4.78, 5) is 0. The average Bonchev–Trinajstić information content (AvgIpc) is 1.65. The standard InChI is InChI=1S/C4H10BrP/c1-3-6(5)4-2/h3-4H2,1-2H3. The van der Waals surface area contributed by atoms with Crippen LogP contribution in [0.1, 0.15) is 13.8 Å². The zero-order chi connectivity index (χ0) is 4.99. The molecule has 0 unspecified atom stereocenters. The number of hydrogen-bond donors (Lipinski definition) is 0. The molecule has 6 heavy (non-hydrogen) atoms. The molecule has 0 atom stereocenters. The summed E-state index contributed by atoms with van der Waals surface area (Å²) in [7, 11) is 0. The molecule has 0 rings (SSSR count). The maximum Gasteiger partial charge on any atom is -0.0256 e. The molecule has 0 aliphatic rings. The van der Waals surface area contributed by atoms with Gasteiger partial charge in [0.1, 0.15) is 0 Å². The van der Waals surface area contributed by atoms with Crippen molar-refractivity contribution in [2.75, 3.05) is 12.3 Å². The Morgan fingerprint density at radius 2 is 1.67 bits per heavy atom. The van der Waals surface area contributed by atoms with Gasteiger partial charge in [-0.15, -0.1) is 0 Å². The molecule has 0 aliphatic carbocycles. The molecule has 0 amide bonds. The van der Waals surface area contributed by atoms with Gasteiger partial charge in [-0.1, -0.05) is 29.3 Å². The van der Waals surface area contributed by atoms with Gasteiger partial charge >= 0.3 is 0 Å². The molecule has 0 heterocycles. The molecule has 0 aromatic rings. The minimum atomic E-state index is 0.236. The highest BCUT2D eigenvalue weighted by molar-refractivity contribution is 9.39. The molecule has 2 heteroatoms. The second-order valence-electron chi connectivity index (χ2n) is 1.10. The lowest BCUT2D eigenvalue weighted by molar-refractivity contribution is 1.44. The Balaban J connectivity index is 2.75. The van der Waals surface area contributed by atoms with Crippen LogP contribution in [-0.2, 0) is 0 Å². The van der Waals surface area contributed by atoms with Crippen molar-refractivity contribution in [3.05, 3.63) is 0 Å². The van der Waals surface area contributed by atoms with Crippen LogP contribution in [-0.4, -0.2) is 12.3 Å². The fourth-order valence-corrected chi connectivity index (χ4v) is 0.671. The lowest BCUT2D eigenvalue weighted by Gasteiger charge is -1.97. The highest BCUT2D eigenvalue weighted by atomic mass is 79.9. The Bertz CT molecular complexity index is 26.7. The van der Waals surface area contributed by atoms with Crippen LogP contribution in [0.25, 0.3) is 0 Å². The van der Waals surface area contributed by atoms with Gasteiger partial charge in [-0.3, -0.25) is 0 Å². The minimum Gasteiger partial charge on any atom is -0.0606 e. The van der Waals surface area contributed by atoms with Gasteiger partial charge < -0.3 is 0 Å². The zero-order valence-electron chi connectivity index (χ0n) is 4.24. The van der Waals surface area contributed by atoms with Crippen molar-refractivity contribution < 1.29 is 0 Å². The van der Waals surface area contributed by atoms with E-state index < -0.39 is 0 Å². The fourth-order valence-electron chi connectivity index (χ4n) is 0.224. The van der Waals surface area contributed by atoms with Crippen LogP contribution in [0.4, 0.5) is 0 Å². The van der Waals surface area contributed by atoms with Crippen LogP contribution in [0.3, 0.4) is 0 Å².